The molecule has 1 aliphatic heterocycles. The summed E-state index contributed by atoms with van der Waals surface area (Å²) in [4.78, 5) is 22.8. The fraction of sp³-hybridized carbons (Fsp3) is 0.562. The molecule has 1 aliphatic rings. The number of carbonyl (C=O) groups is 1. The minimum Gasteiger partial charge on any atom is -0.372 e. The average molecular weight is 372 g/mol. The molecule has 1 amide bonds. The van der Waals surface area contributed by atoms with E-state index in [2.05, 4.69) is 10.6 Å². The lowest BCUT2D eigenvalue weighted by molar-refractivity contribution is -0.384. The van der Waals surface area contributed by atoms with Crippen LogP contribution in [0.2, 0.25) is 5.02 Å². The third kappa shape index (κ3) is 5.29. The number of anilines is 1. The van der Waals surface area contributed by atoms with Crippen LogP contribution in [0.15, 0.2) is 18.2 Å². The molecule has 0 radical (unpaired) electrons. The average Bonchev–Trinajstić information content (AvgIpc) is 2.92. The first kappa shape index (κ1) is 19.4. The van der Waals surface area contributed by atoms with Crippen molar-refractivity contribution in [2.75, 3.05) is 11.9 Å². The summed E-state index contributed by atoms with van der Waals surface area (Å²) in [6.45, 7) is 4.35. The van der Waals surface area contributed by atoms with Crippen LogP contribution in [0.5, 0.6) is 0 Å². The number of ether oxygens (including phenoxy) is 1. The number of hydrogen-bond donors (Lipinski definition) is 3. The van der Waals surface area contributed by atoms with Crippen LogP contribution in [0, 0.1) is 16.0 Å². The molecular weight excluding hydrogens is 350 g/mol. The topological polar surface area (TPSA) is 114 Å². The molecule has 1 heterocycles. The van der Waals surface area contributed by atoms with Crippen molar-refractivity contribution < 1.29 is 19.6 Å². The first-order valence-corrected chi connectivity index (χ1v) is 8.46. The van der Waals surface area contributed by atoms with E-state index in [1.807, 2.05) is 13.8 Å². The summed E-state index contributed by atoms with van der Waals surface area (Å²) in [6.07, 6.45) is 0.0641. The molecular formula is C16H22ClN3O5. The van der Waals surface area contributed by atoms with Crippen LogP contribution in [0.25, 0.3) is 0 Å². The van der Waals surface area contributed by atoms with Gasteiger partial charge in [0, 0.05) is 12.1 Å². The minimum atomic E-state index is -1.01. The first-order valence-electron chi connectivity index (χ1n) is 8.08. The maximum Gasteiger partial charge on any atom is 0.271 e. The summed E-state index contributed by atoms with van der Waals surface area (Å²) >= 11 is 6.09. The van der Waals surface area contributed by atoms with E-state index in [0.29, 0.717) is 25.1 Å². The third-order valence-electron chi connectivity index (χ3n) is 3.91. The molecule has 25 heavy (non-hydrogen) atoms. The molecule has 1 unspecified atom stereocenters. The van der Waals surface area contributed by atoms with Gasteiger partial charge in [0.05, 0.1) is 28.3 Å². The number of hydrogen-bond acceptors (Lipinski definition) is 6. The van der Waals surface area contributed by atoms with Crippen molar-refractivity contribution in [1.29, 1.82) is 0 Å². The zero-order valence-electron chi connectivity index (χ0n) is 14.1. The van der Waals surface area contributed by atoms with Crippen LogP contribution in [0.4, 0.5) is 11.4 Å². The number of carbonyl (C=O) groups excluding carboxylic acids is 1. The van der Waals surface area contributed by atoms with Crippen molar-refractivity contribution >= 4 is 28.9 Å². The van der Waals surface area contributed by atoms with Crippen LogP contribution in [-0.2, 0) is 9.53 Å². The van der Waals surface area contributed by atoms with Crippen LogP contribution in [0.3, 0.4) is 0 Å². The highest BCUT2D eigenvalue weighted by Crippen LogP contribution is 2.28. The smallest absolute Gasteiger partial charge is 0.271 e. The van der Waals surface area contributed by atoms with Gasteiger partial charge in [-0.3, -0.25) is 14.9 Å². The fourth-order valence-corrected chi connectivity index (χ4v) is 2.86. The maximum atomic E-state index is 12.6. The molecule has 1 saturated heterocycles. The van der Waals surface area contributed by atoms with Crippen molar-refractivity contribution in [1.82, 2.24) is 5.32 Å². The molecule has 138 valence electrons. The summed E-state index contributed by atoms with van der Waals surface area (Å²) in [5.41, 5.74) is 0.322. The monoisotopic (exact) mass is 371 g/mol. The summed E-state index contributed by atoms with van der Waals surface area (Å²) < 4.78 is 5.04. The predicted molar refractivity (Wildman–Crippen MR) is 93.5 cm³/mol. The van der Waals surface area contributed by atoms with E-state index in [-0.39, 0.29) is 22.5 Å². The molecule has 1 fully saturated rings. The van der Waals surface area contributed by atoms with Crippen LogP contribution in [-0.4, -0.2) is 40.9 Å². The molecule has 0 aliphatic carbocycles. The Labute approximate surface area is 150 Å². The van der Waals surface area contributed by atoms with Gasteiger partial charge in [-0.1, -0.05) is 25.4 Å². The van der Waals surface area contributed by atoms with Crippen molar-refractivity contribution in [3.63, 3.8) is 0 Å². The van der Waals surface area contributed by atoms with Gasteiger partial charge in [0.25, 0.3) is 5.69 Å². The number of aliphatic hydroxyl groups is 1. The summed E-state index contributed by atoms with van der Waals surface area (Å²) in [5.74, 6) is -0.0532. The minimum absolute atomic E-state index is 0.119. The standard InChI is InChI=1S/C16H22ClN3O5/c1-9(2)7-14(15(21)19-13-5-6-25-16(13)22)18-12-4-3-10(20(23)24)8-11(12)17/h3-4,8-9,13-14,16,18,22H,5-7H2,1-2H3,(H,19,21)/t13-,14-,16?/m0/s1. The van der Waals surface area contributed by atoms with E-state index in [1.54, 1.807) is 0 Å². The Balaban J connectivity index is 2.11. The van der Waals surface area contributed by atoms with Crippen LogP contribution >= 0.6 is 11.6 Å². The zero-order chi connectivity index (χ0) is 18.6. The van der Waals surface area contributed by atoms with Crippen LogP contribution in [0.1, 0.15) is 26.7 Å². The molecule has 0 saturated carbocycles. The number of halogens is 1. The predicted octanol–water partition coefficient (Wildman–Crippen LogP) is 2.30. The van der Waals surface area contributed by atoms with E-state index in [1.165, 1.54) is 18.2 Å². The van der Waals surface area contributed by atoms with Crippen molar-refractivity contribution in [3.05, 3.63) is 33.3 Å². The number of aliphatic hydroxyl groups excluding tert-OH is 1. The van der Waals surface area contributed by atoms with Gasteiger partial charge in [-0.15, -0.1) is 0 Å². The van der Waals surface area contributed by atoms with Crippen molar-refractivity contribution in [3.8, 4) is 0 Å². The number of rotatable bonds is 7. The number of benzene rings is 1. The molecule has 0 spiro atoms. The maximum absolute atomic E-state index is 12.6. The lowest BCUT2D eigenvalue weighted by Crippen LogP contribution is -2.48. The van der Waals surface area contributed by atoms with Gasteiger partial charge in [-0.25, -0.2) is 0 Å². The molecule has 0 aromatic heterocycles. The van der Waals surface area contributed by atoms with Crippen LogP contribution < -0.4 is 10.6 Å². The second-order valence-electron chi connectivity index (χ2n) is 6.41. The first-order chi connectivity index (χ1) is 11.8. The van der Waals surface area contributed by atoms with E-state index >= 15 is 0 Å². The summed E-state index contributed by atoms with van der Waals surface area (Å²) in [5, 5.41) is 26.5. The van der Waals surface area contributed by atoms with Crippen molar-refractivity contribution in [2.24, 2.45) is 5.92 Å². The molecule has 3 N–H and O–H groups in total. The highest BCUT2D eigenvalue weighted by molar-refractivity contribution is 6.33. The Hall–Kier alpha value is -1.90. The Morgan fingerprint density at radius 1 is 1.52 bits per heavy atom. The molecule has 0 bridgehead atoms. The van der Waals surface area contributed by atoms with Gasteiger partial charge >= 0.3 is 0 Å². The molecule has 1 aromatic carbocycles. The Bertz CT molecular complexity index is 640. The van der Waals surface area contributed by atoms with Gasteiger partial charge < -0.3 is 20.5 Å². The number of nitro groups is 1. The Kier molecular flexibility index (Phi) is 6.57. The van der Waals surface area contributed by atoms with Gasteiger partial charge in [0.2, 0.25) is 5.91 Å². The van der Waals surface area contributed by atoms with E-state index in [9.17, 15) is 20.0 Å². The quantitative estimate of drug-likeness (QED) is 0.500. The van der Waals surface area contributed by atoms with E-state index in [4.69, 9.17) is 16.3 Å². The number of nitrogens with zero attached hydrogens (tertiary/aromatic N) is 1. The second kappa shape index (κ2) is 8.46. The molecule has 9 heteroatoms. The molecule has 1 aromatic rings. The van der Waals surface area contributed by atoms with Gasteiger partial charge in [-0.2, -0.15) is 0 Å². The molecule has 3 atom stereocenters. The van der Waals surface area contributed by atoms with E-state index < -0.39 is 23.3 Å². The normalized spacial score (nSPS) is 21.2. The number of non-ortho nitro benzene ring substituents is 1. The lowest BCUT2D eigenvalue weighted by atomic mass is 10.0. The number of amides is 1. The number of nitro benzene ring substituents is 1. The fourth-order valence-electron chi connectivity index (χ4n) is 2.63. The summed E-state index contributed by atoms with van der Waals surface area (Å²) in [7, 11) is 0. The van der Waals surface area contributed by atoms with Gasteiger partial charge in [0.15, 0.2) is 6.29 Å². The van der Waals surface area contributed by atoms with Gasteiger partial charge in [0.1, 0.15) is 6.04 Å². The third-order valence-corrected chi connectivity index (χ3v) is 4.22. The Morgan fingerprint density at radius 3 is 2.76 bits per heavy atom. The van der Waals surface area contributed by atoms with Gasteiger partial charge in [-0.05, 0) is 24.8 Å². The molecule has 8 nitrogen and oxygen atoms in total. The highest BCUT2D eigenvalue weighted by Gasteiger charge is 2.30. The van der Waals surface area contributed by atoms with E-state index in [0.717, 1.165) is 0 Å². The SMILES string of the molecule is CC(C)C[C@H](Nc1ccc([N+](=O)[O-])cc1Cl)C(=O)N[C@H]1CCOC1O. The largest absolute Gasteiger partial charge is 0.372 e. The Morgan fingerprint density at radius 2 is 2.24 bits per heavy atom. The zero-order valence-corrected chi connectivity index (χ0v) is 14.8. The second-order valence-corrected chi connectivity index (χ2v) is 6.82. The highest BCUT2D eigenvalue weighted by atomic mass is 35.5. The van der Waals surface area contributed by atoms with Crippen molar-refractivity contribution in [2.45, 2.75) is 45.1 Å². The lowest BCUT2D eigenvalue weighted by Gasteiger charge is -2.24. The molecule has 2 rings (SSSR count). The summed E-state index contributed by atoms with van der Waals surface area (Å²) in [6, 6.07) is 3.01. The number of nitrogens with one attached hydrogen (secondary N) is 2.